The van der Waals surface area contributed by atoms with E-state index in [1.807, 2.05) is 38.1 Å². The molecule has 3 aromatic carbocycles. The van der Waals surface area contributed by atoms with Crippen molar-refractivity contribution in [2.75, 3.05) is 0 Å². The van der Waals surface area contributed by atoms with Gasteiger partial charge in [0.25, 0.3) is 0 Å². The van der Waals surface area contributed by atoms with Gasteiger partial charge in [-0.15, -0.1) is 0 Å². The summed E-state index contributed by atoms with van der Waals surface area (Å²) < 4.78 is 10.5. The van der Waals surface area contributed by atoms with Crippen LogP contribution in [0.25, 0.3) is 0 Å². The van der Waals surface area contributed by atoms with E-state index in [0.29, 0.717) is 22.6 Å². The topological polar surface area (TPSA) is 77.3 Å². The van der Waals surface area contributed by atoms with Gasteiger partial charge in [0.15, 0.2) is 0 Å². The number of nitrogens with zero attached hydrogens (tertiary/aromatic N) is 2. The van der Waals surface area contributed by atoms with E-state index in [9.17, 15) is 9.59 Å². The first-order valence-electron chi connectivity index (χ1n) is 11.3. The van der Waals surface area contributed by atoms with E-state index in [1.165, 1.54) is 0 Å². The summed E-state index contributed by atoms with van der Waals surface area (Å²) in [7, 11) is 0. The second kappa shape index (κ2) is 11.7. The first-order valence-corrected chi connectivity index (χ1v) is 11.3. The number of esters is 2. The van der Waals surface area contributed by atoms with E-state index in [-0.39, 0.29) is 0 Å². The van der Waals surface area contributed by atoms with Gasteiger partial charge in [-0.05, 0) is 86.3 Å². The van der Waals surface area contributed by atoms with Gasteiger partial charge in [-0.25, -0.2) is 9.59 Å². The highest BCUT2D eigenvalue weighted by atomic mass is 16.5. The van der Waals surface area contributed by atoms with Crippen LogP contribution in [0.5, 0.6) is 11.5 Å². The van der Waals surface area contributed by atoms with Crippen LogP contribution in [0.1, 0.15) is 36.1 Å². The van der Waals surface area contributed by atoms with Crippen LogP contribution in [-0.4, -0.2) is 24.4 Å². The SMILES string of the molecule is C=C(C)C(=O)Oc1ccc(N=Cc2ccc(C=Nc3ccc(OC(=O)C(=C)C)cc3C)cc2)c(C)c1. The Hall–Kier alpha value is -4.58. The third kappa shape index (κ3) is 7.21. The zero-order valence-corrected chi connectivity index (χ0v) is 20.9. The second-order valence-corrected chi connectivity index (χ2v) is 8.42. The molecule has 6 heteroatoms. The number of aliphatic imine (C=N–C) groups is 2. The Kier molecular flexibility index (Phi) is 8.47. The Balaban J connectivity index is 1.64. The van der Waals surface area contributed by atoms with Crippen molar-refractivity contribution in [2.45, 2.75) is 27.7 Å². The van der Waals surface area contributed by atoms with Crippen molar-refractivity contribution in [3.8, 4) is 11.5 Å². The summed E-state index contributed by atoms with van der Waals surface area (Å²) in [5, 5.41) is 0. The molecule has 3 aromatic rings. The fraction of sp³-hybridized carbons (Fsp3) is 0.133. The lowest BCUT2D eigenvalue weighted by molar-refractivity contribution is -0.130. The van der Waals surface area contributed by atoms with E-state index in [1.54, 1.807) is 62.7 Å². The molecule has 0 aliphatic heterocycles. The molecule has 0 unspecified atom stereocenters. The standard InChI is InChI=1S/C30H28N2O4/c1-19(2)29(33)35-25-11-13-27(21(5)15-25)31-17-23-7-9-24(10-8-23)18-32-28-14-12-26(16-22(28)6)36-30(34)20(3)4/h7-18H,1,3H2,2,4-6H3. The quantitative estimate of drug-likeness (QED) is 0.154. The minimum absolute atomic E-state index is 0.345. The number of rotatable bonds is 8. The summed E-state index contributed by atoms with van der Waals surface area (Å²) in [6.07, 6.45) is 3.55. The highest BCUT2D eigenvalue weighted by Crippen LogP contribution is 2.25. The minimum Gasteiger partial charge on any atom is -0.423 e. The van der Waals surface area contributed by atoms with Gasteiger partial charge in [-0.2, -0.15) is 0 Å². The van der Waals surface area contributed by atoms with E-state index in [0.717, 1.165) is 33.6 Å². The molecule has 0 saturated carbocycles. The lowest BCUT2D eigenvalue weighted by Gasteiger charge is -2.06. The minimum atomic E-state index is -0.453. The molecule has 0 radical (unpaired) electrons. The number of hydrogen-bond acceptors (Lipinski definition) is 6. The lowest BCUT2D eigenvalue weighted by atomic mass is 10.1. The van der Waals surface area contributed by atoms with Crippen LogP contribution in [-0.2, 0) is 9.59 Å². The molecule has 0 amide bonds. The fourth-order valence-electron chi connectivity index (χ4n) is 3.02. The van der Waals surface area contributed by atoms with Crippen molar-refractivity contribution in [2.24, 2.45) is 9.98 Å². The van der Waals surface area contributed by atoms with Crippen molar-refractivity contribution >= 4 is 35.7 Å². The van der Waals surface area contributed by atoms with E-state index in [4.69, 9.17) is 9.47 Å². The molecule has 6 nitrogen and oxygen atoms in total. The third-order valence-corrected chi connectivity index (χ3v) is 5.10. The predicted molar refractivity (Wildman–Crippen MR) is 144 cm³/mol. The molecule has 36 heavy (non-hydrogen) atoms. The molecular formula is C30H28N2O4. The fourth-order valence-corrected chi connectivity index (χ4v) is 3.02. The Morgan fingerprint density at radius 2 is 1.03 bits per heavy atom. The molecule has 0 heterocycles. The van der Waals surface area contributed by atoms with Crippen molar-refractivity contribution in [1.29, 1.82) is 0 Å². The molecule has 0 aliphatic rings. The summed E-state index contributed by atoms with van der Waals surface area (Å²) in [5.74, 6) is 0.0118. The molecule has 182 valence electrons. The summed E-state index contributed by atoms with van der Waals surface area (Å²) in [6.45, 7) is 14.2. The van der Waals surface area contributed by atoms with Gasteiger partial charge >= 0.3 is 11.9 Å². The first kappa shape index (κ1) is 26.0. The summed E-state index contributed by atoms with van der Waals surface area (Å²) in [4.78, 5) is 32.5. The average molecular weight is 481 g/mol. The zero-order valence-electron chi connectivity index (χ0n) is 20.9. The van der Waals surface area contributed by atoms with Crippen LogP contribution in [0.15, 0.2) is 95.0 Å². The number of hydrogen-bond donors (Lipinski definition) is 0. The van der Waals surface area contributed by atoms with Crippen molar-refractivity contribution in [3.63, 3.8) is 0 Å². The van der Waals surface area contributed by atoms with Gasteiger partial charge in [0, 0.05) is 23.6 Å². The van der Waals surface area contributed by atoms with Crippen molar-refractivity contribution < 1.29 is 19.1 Å². The molecule has 0 fully saturated rings. The number of carbonyl (C=O) groups is 2. The Morgan fingerprint density at radius 3 is 1.33 bits per heavy atom. The van der Waals surface area contributed by atoms with E-state index in [2.05, 4.69) is 23.1 Å². The highest BCUT2D eigenvalue weighted by Gasteiger charge is 2.08. The monoisotopic (exact) mass is 480 g/mol. The van der Waals surface area contributed by atoms with Crippen molar-refractivity contribution in [1.82, 2.24) is 0 Å². The van der Waals surface area contributed by atoms with E-state index < -0.39 is 11.9 Å². The molecular weight excluding hydrogens is 452 g/mol. The summed E-state index contributed by atoms with van der Waals surface area (Å²) >= 11 is 0. The highest BCUT2D eigenvalue weighted by molar-refractivity contribution is 5.90. The van der Waals surface area contributed by atoms with Gasteiger partial charge in [0.2, 0.25) is 0 Å². The third-order valence-electron chi connectivity index (χ3n) is 5.10. The number of benzene rings is 3. The van der Waals surface area contributed by atoms with Crippen molar-refractivity contribution in [3.05, 3.63) is 107 Å². The summed E-state index contributed by atoms with van der Waals surface area (Å²) in [5.41, 5.74) is 5.90. The molecule has 3 rings (SSSR count). The van der Waals surface area contributed by atoms with Gasteiger partial charge in [-0.1, -0.05) is 37.4 Å². The second-order valence-electron chi connectivity index (χ2n) is 8.42. The number of ether oxygens (including phenoxy) is 2. The molecule has 0 aromatic heterocycles. The van der Waals surface area contributed by atoms with Crippen LogP contribution in [0, 0.1) is 13.8 Å². The van der Waals surface area contributed by atoms with E-state index >= 15 is 0 Å². The predicted octanol–water partition coefficient (Wildman–Crippen LogP) is 6.77. The van der Waals surface area contributed by atoms with Gasteiger partial charge in [0.1, 0.15) is 11.5 Å². The Morgan fingerprint density at radius 1 is 0.667 bits per heavy atom. The molecule has 0 saturated heterocycles. The molecule has 0 aliphatic carbocycles. The largest absolute Gasteiger partial charge is 0.423 e. The first-order chi connectivity index (χ1) is 17.1. The van der Waals surface area contributed by atoms with Crippen LogP contribution in [0.3, 0.4) is 0 Å². The van der Waals surface area contributed by atoms with Crippen LogP contribution in [0.4, 0.5) is 11.4 Å². The maximum Gasteiger partial charge on any atom is 0.338 e. The summed E-state index contributed by atoms with van der Waals surface area (Å²) in [6, 6.07) is 18.4. The Bertz CT molecular complexity index is 1280. The Labute approximate surface area is 211 Å². The molecule has 0 atom stereocenters. The van der Waals surface area contributed by atoms with Crippen LogP contribution >= 0.6 is 0 Å². The smallest absolute Gasteiger partial charge is 0.338 e. The van der Waals surface area contributed by atoms with Gasteiger partial charge < -0.3 is 9.47 Å². The zero-order chi connectivity index (χ0) is 26.2. The average Bonchev–Trinajstić information content (AvgIpc) is 2.83. The van der Waals surface area contributed by atoms with Crippen LogP contribution in [0.2, 0.25) is 0 Å². The maximum atomic E-state index is 11.7. The van der Waals surface area contributed by atoms with Crippen LogP contribution < -0.4 is 9.47 Å². The van der Waals surface area contributed by atoms with Gasteiger partial charge in [-0.3, -0.25) is 9.98 Å². The number of carbonyl (C=O) groups excluding carboxylic acids is 2. The maximum absolute atomic E-state index is 11.7. The molecule has 0 bridgehead atoms. The normalized spacial score (nSPS) is 11.0. The lowest BCUT2D eigenvalue weighted by Crippen LogP contribution is -2.08. The molecule has 0 spiro atoms. The molecule has 0 N–H and O–H groups in total. The van der Waals surface area contributed by atoms with Gasteiger partial charge in [0.05, 0.1) is 11.4 Å². The number of aryl methyl sites for hydroxylation is 2.